The summed E-state index contributed by atoms with van der Waals surface area (Å²) in [6, 6.07) is 7.62. The summed E-state index contributed by atoms with van der Waals surface area (Å²) in [6.45, 7) is 3.72. The number of hydrogen-bond donors (Lipinski definition) is 4. The topological polar surface area (TPSA) is 82.9 Å². The van der Waals surface area contributed by atoms with Gasteiger partial charge in [0, 0.05) is 12.1 Å². The molecule has 28 heavy (non-hydrogen) atoms. The highest BCUT2D eigenvalue weighted by Gasteiger charge is 2.43. The fraction of sp³-hybridized carbons (Fsp3) is 0.636. The van der Waals surface area contributed by atoms with Crippen LogP contribution in [0.2, 0.25) is 0 Å². The summed E-state index contributed by atoms with van der Waals surface area (Å²) in [4.78, 5) is 24.9. The maximum Gasteiger partial charge on any atom is 0.319 e. The number of urea groups is 1. The number of carboxylic acids is 1. The van der Waals surface area contributed by atoms with E-state index >= 15 is 0 Å². The van der Waals surface area contributed by atoms with Crippen LogP contribution in [0.4, 0.5) is 10.5 Å². The molecule has 1 heterocycles. The van der Waals surface area contributed by atoms with Gasteiger partial charge in [0.05, 0.1) is 20.0 Å². The SMILES string of the molecule is CCCCCCCCc1ccc(NC(=O)NC2(CC(=O)O)CC[NH+](C)C2)cc1. The second-order valence-corrected chi connectivity index (χ2v) is 8.28. The third-order valence-corrected chi connectivity index (χ3v) is 5.57. The second kappa shape index (κ2) is 11.1. The predicted octanol–water partition coefficient (Wildman–Crippen LogP) is 2.84. The van der Waals surface area contributed by atoms with Crippen LogP contribution in [0.1, 0.15) is 63.9 Å². The zero-order valence-electron chi connectivity index (χ0n) is 17.4. The molecule has 0 aromatic heterocycles. The van der Waals surface area contributed by atoms with Crippen molar-refractivity contribution < 1.29 is 19.6 Å². The van der Waals surface area contributed by atoms with E-state index in [4.69, 9.17) is 0 Å². The Labute approximate surface area is 168 Å². The van der Waals surface area contributed by atoms with Crippen LogP contribution >= 0.6 is 0 Å². The molecule has 156 valence electrons. The average Bonchev–Trinajstić information content (AvgIpc) is 2.98. The van der Waals surface area contributed by atoms with Crippen molar-refractivity contribution in [3.8, 4) is 0 Å². The monoisotopic (exact) mass is 390 g/mol. The summed E-state index contributed by atoms with van der Waals surface area (Å²) in [6.07, 6.45) is 9.40. The van der Waals surface area contributed by atoms with Crippen LogP contribution in [0.3, 0.4) is 0 Å². The smallest absolute Gasteiger partial charge is 0.319 e. The highest BCUT2D eigenvalue weighted by molar-refractivity contribution is 5.90. The van der Waals surface area contributed by atoms with Crippen LogP contribution in [0.15, 0.2) is 24.3 Å². The first kappa shape index (κ1) is 22.2. The number of carbonyl (C=O) groups excluding carboxylic acids is 1. The van der Waals surface area contributed by atoms with Gasteiger partial charge in [-0.15, -0.1) is 0 Å². The average molecular weight is 391 g/mol. The highest BCUT2D eigenvalue weighted by Crippen LogP contribution is 2.18. The van der Waals surface area contributed by atoms with Crippen LogP contribution in [0, 0.1) is 0 Å². The number of anilines is 1. The van der Waals surface area contributed by atoms with E-state index in [9.17, 15) is 14.7 Å². The number of hydrogen-bond acceptors (Lipinski definition) is 2. The lowest BCUT2D eigenvalue weighted by molar-refractivity contribution is -0.868. The molecule has 0 radical (unpaired) electrons. The van der Waals surface area contributed by atoms with Gasteiger partial charge in [-0.2, -0.15) is 0 Å². The van der Waals surface area contributed by atoms with Crippen LogP contribution in [-0.2, 0) is 11.2 Å². The second-order valence-electron chi connectivity index (χ2n) is 8.28. The van der Waals surface area contributed by atoms with Crippen LogP contribution in [0.25, 0.3) is 0 Å². The molecule has 1 saturated heterocycles. The molecule has 6 nitrogen and oxygen atoms in total. The zero-order valence-corrected chi connectivity index (χ0v) is 17.4. The Kier molecular flexibility index (Phi) is 8.77. The van der Waals surface area contributed by atoms with E-state index in [0.29, 0.717) is 13.0 Å². The van der Waals surface area contributed by atoms with E-state index in [1.54, 1.807) is 0 Å². The molecule has 1 aromatic rings. The summed E-state index contributed by atoms with van der Waals surface area (Å²) < 4.78 is 0. The van der Waals surface area contributed by atoms with Crippen molar-refractivity contribution in [1.29, 1.82) is 0 Å². The molecule has 2 unspecified atom stereocenters. The van der Waals surface area contributed by atoms with Gasteiger partial charge in [0.2, 0.25) is 0 Å². The minimum Gasteiger partial charge on any atom is -0.481 e. The molecule has 2 rings (SSSR count). The number of nitrogens with one attached hydrogen (secondary N) is 3. The third kappa shape index (κ3) is 7.50. The third-order valence-electron chi connectivity index (χ3n) is 5.57. The molecule has 2 amide bonds. The number of likely N-dealkylation sites (N-methyl/N-ethyl adjacent to an activating group) is 1. The number of rotatable bonds is 11. The van der Waals surface area contributed by atoms with Gasteiger partial charge in [-0.25, -0.2) is 4.79 Å². The van der Waals surface area contributed by atoms with E-state index in [1.165, 1.54) is 49.0 Å². The van der Waals surface area contributed by atoms with Gasteiger partial charge in [0.1, 0.15) is 12.1 Å². The highest BCUT2D eigenvalue weighted by atomic mass is 16.4. The summed E-state index contributed by atoms with van der Waals surface area (Å²) in [5.74, 6) is -0.881. The first-order valence-electron chi connectivity index (χ1n) is 10.6. The Bertz CT molecular complexity index is 632. The first-order chi connectivity index (χ1) is 13.4. The van der Waals surface area contributed by atoms with Crippen LogP contribution in [0.5, 0.6) is 0 Å². The summed E-state index contributed by atoms with van der Waals surface area (Å²) in [5, 5.41) is 15.0. The predicted molar refractivity (Wildman–Crippen MR) is 112 cm³/mol. The molecule has 0 spiro atoms. The maximum atomic E-state index is 12.4. The molecular formula is C22H36N3O3+. The molecule has 1 aliphatic rings. The van der Waals surface area contributed by atoms with Crippen molar-refractivity contribution in [3.05, 3.63) is 29.8 Å². The molecule has 0 saturated carbocycles. The number of amides is 2. The molecule has 0 aliphatic carbocycles. The molecule has 6 heteroatoms. The van der Waals surface area contributed by atoms with Crippen LogP contribution in [-0.4, -0.2) is 42.8 Å². The van der Waals surface area contributed by atoms with Gasteiger partial charge in [-0.1, -0.05) is 51.2 Å². The van der Waals surface area contributed by atoms with E-state index in [0.717, 1.165) is 18.7 Å². The quantitative estimate of drug-likeness (QED) is 0.439. The van der Waals surface area contributed by atoms with E-state index < -0.39 is 11.5 Å². The number of aryl methyl sites for hydroxylation is 1. The lowest BCUT2D eigenvalue weighted by Crippen LogP contribution is -3.08. The van der Waals surface area contributed by atoms with Gasteiger partial charge in [-0.3, -0.25) is 4.79 Å². The Hall–Kier alpha value is -2.08. The van der Waals surface area contributed by atoms with E-state index in [2.05, 4.69) is 29.7 Å². The van der Waals surface area contributed by atoms with Crippen molar-refractivity contribution >= 4 is 17.7 Å². The number of likely N-dealkylation sites (tertiary alicyclic amines) is 1. The number of aliphatic carboxylic acids is 1. The fourth-order valence-corrected chi connectivity index (χ4v) is 4.07. The van der Waals surface area contributed by atoms with Gasteiger partial charge < -0.3 is 20.6 Å². The van der Waals surface area contributed by atoms with Crippen LogP contribution < -0.4 is 15.5 Å². The largest absolute Gasteiger partial charge is 0.481 e. The summed E-state index contributed by atoms with van der Waals surface area (Å²) in [5.41, 5.74) is 1.34. The maximum absolute atomic E-state index is 12.4. The van der Waals surface area contributed by atoms with Gasteiger partial charge in [-0.05, 0) is 30.5 Å². The molecule has 0 bridgehead atoms. The summed E-state index contributed by atoms with van der Waals surface area (Å²) in [7, 11) is 2.02. The zero-order chi connectivity index (χ0) is 20.4. The molecule has 4 N–H and O–H groups in total. The van der Waals surface area contributed by atoms with Crippen molar-refractivity contribution in [2.75, 3.05) is 25.5 Å². The van der Waals surface area contributed by atoms with Crippen molar-refractivity contribution in [2.45, 2.75) is 70.3 Å². The van der Waals surface area contributed by atoms with Gasteiger partial charge in [0.25, 0.3) is 0 Å². The fourth-order valence-electron chi connectivity index (χ4n) is 4.07. The van der Waals surface area contributed by atoms with Crippen molar-refractivity contribution in [2.24, 2.45) is 0 Å². The van der Waals surface area contributed by atoms with E-state index in [1.807, 2.05) is 19.2 Å². The molecule has 1 aromatic carbocycles. The lowest BCUT2D eigenvalue weighted by atomic mass is 9.94. The van der Waals surface area contributed by atoms with Gasteiger partial charge >= 0.3 is 12.0 Å². The van der Waals surface area contributed by atoms with Gasteiger partial charge in [0.15, 0.2) is 0 Å². The number of quaternary nitrogens is 1. The molecular weight excluding hydrogens is 354 g/mol. The standard InChI is InChI=1S/C22H35N3O3/c1-3-4-5-6-7-8-9-18-10-12-19(13-11-18)23-21(28)24-22(16-20(26)27)14-15-25(2)17-22/h10-13H,3-9,14-17H2,1-2H3,(H,26,27)(H2,23,24,28)/p+1. The lowest BCUT2D eigenvalue weighted by Gasteiger charge is -2.26. The van der Waals surface area contributed by atoms with Crippen molar-refractivity contribution in [1.82, 2.24) is 5.32 Å². The summed E-state index contributed by atoms with van der Waals surface area (Å²) >= 11 is 0. The number of carbonyl (C=O) groups is 2. The molecule has 1 fully saturated rings. The first-order valence-corrected chi connectivity index (χ1v) is 10.6. The minimum atomic E-state index is -0.881. The Morgan fingerprint density at radius 3 is 2.39 bits per heavy atom. The van der Waals surface area contributed by atoms with E-state index in [-0.39, 0.29) is 12.5 Å². The normalized spacial score (nSPS) is 21.4. The minimum absolute atomic E-state index is 0.0467. The Morgan fingerprint density at radius 2 is 1.79 bits per heavy atom. The Balaban J connectivity index is 1.79. The number of carboxylic acid groups (broad SMARTS) is 1. The molecule has 2 atom stereocenters. The molecule has 1 aliphatic heterocycles. The number of benzene rings is 1. The number of unbranched alkanes of at least 4 members (excludes halogenated alkanes) is 5. The Morgan fingerprint density at radius 1 is 1.11 bits per heavy atom. The van der Waals surface area contributed by atoms with Crippen molar-refractivity contribution in [3.63, 3.8) is 0 Å².